The van der Waals surface area contributed by atoms with Crippen molar-refractivity contribution in [3.8, 4) is 0 Å². The van der Waals surface area contributed by atoms with Crippen LogP contribution < -0.4 is 5.73 Å². The number of aromatic nitrogens is 2. The summed E-state index contributed by atoms with van der Waals surface area (Å²) in [5.41, 5.74) is 7.34. The van der Waals surface area contributed by atoms with Crippen LogP contribution in [0, 0.1) is 0 Å². The van der Waals surface area contributed by atoms with E-state index in [1.807, 2.05) is 6.20 Å². The van der Waals surface area contributed by atoms with E-state index in [9.17, 15) is 0 Å². The minimum atomic E-state index is 0.346. The molecule has 3 nitrogen and oxygen atoms in total. The van der Waals surface area contributed by atoms with Crippen LogP contribution in [-0.4, -0.2) is 15.6 Å². The third-order valence-corrected chi connectivity index (χ3v) is 3.10. The minimum absolute atomic E-state index is 0.346. The summed E-state index contributed by atoms with van der Waals surface area (Å²) in [4.78, 5) is 4.50. The molecule has 2 aliphatic rings. The maximum absolute atomic E-state index is 5.95. The van der Waals surface area contributed by atoms with E-state index in [-0.39, 0.29) is 0 Å². The van der Waals surface area contributed by atoms with E-state index in [1.165, 1.54) is 24.4 Å². The fraction of sp³-hybridized carbons (Fsp3) is 0.700. The van der Waals surface area contributed by atoms with Gasteiger partial charge in [-0.05, 0) is 25.7 Å². The normalized spacial score (nSPS) is 27.3. The number of nitrogens with zero attached hydrogens (tertiary/aromatic N) is 2. The molecule has 1 aliphatic carbocycles. The van der Waals surface area contributed by atoms with Gasteiger partial charge in [-0.15, -0.1) is 0 Å². The SMILES string of the molecule is NC1CCc2cnc(C3CC3)n2C1. The molecular weight excluding hydrogens is 162 g/mol. The van der Waals surface area contributed by atoms with Crippen LogP contribution in [0.4, 0.5) is 0 Å². The summed E-state index contributed by atoms with van der Waals surface area (Å²) in [7, 11) is 0. The van der Waals surface area contributed by atoms with Crippen molar-refractivity contribution in [1.29, 1.82) is 0 Å². The molecule has 2 N–H and O–H groups in total. The molecule has 70 valence electrons. The van der Waals surface area contributed by atoms with Gasteiger partial charge < -0.3 is 10.3 Å². The van der Waals surface area contributed by atoms with Crippen LogP contribution in [-0.2, 0) is 13.0 Å². The van der Waals surface area contributed by atoms with E-state index in [0.717, 1.165) is 25.3 Å². The molecule has 3 rings (SSSR count). The Hall–Kier alpha value is -0.830. The van der Waals surface area contributed by atoms with Crippen molar-refractivity contribution in [2.45, 2.75) is 44.2 Å². The molecule has 1 atom stereocenters. The van der Waals surface area contributed by atoms with Crippen molar-refractivity contribution in [3.63, 3.8) is 0 Å². The summed E-state index contributed by atoms with van der Waals surface area (Å²) in [5.74, 6) is 2.05. The Morgan fingerprint density at radius 3 is 3.00 bits per heavy atom. The lowest BCUT2D eigenvalue weighted by molar-refractivity contribution is 0.449. The third kappa shape index (κ3) is 1.18. The van der Waals surface area contributed by atoms with Crippen LogP contribution >= 0.6 is 0 Å². The largest absolute Gasteiger partial charge is 0.330 e. The van der Waals surface area contributed by atoms with Gasteiger partial charge in [0.25, 0.3) is 0 Å². The van der Waals surface area contributed by atoms with Crippen LogP contribution in [0.25, 0.3) is 0 Å². The molecule has 13 heavy (non-hydrogen) atoms. The number of rotatable bonds is 1. The Labute approximate surface area is 78.0 Å². The van der Waals surface area contributed by atoms with Crippen molar-refractivity contribution in [1.82, 2.24) is 9.55 Å². The summed E-state index contributed by atoms with van der Waals surface area (Å²) in [6.45, 7) is 0.987. The van der Waals surface area contributed by atoms with E-state index in [0.29, 0.717) is 6.04 Å². The van der Waals surface area contributed by atoms with E-state index in [2.05, 4.69) is 9.55 Å². The average Bonchev–Trinajstić information content (AvgIpc) is 2.87. The van der Waals surface area contributed by atoms with Gasteiger partial charge in [-0.25, -0.2) is 4.98 Å². The van der Waals surface area contributed by atoms with Gasteiger partial charge in [0, 0.05) is 30.4 Å². The van der Waals surface area contributed by atoms with Crippen LogP contribution in [0.2, 0.25) is 0 Å². The van der Waals surface area contributed by atoms with Crippen molar-refractivity contribution in [2.24, 2.45) is 5.73 Å². The predicted octanol–water partition coefficient (Wildman–Crippen LogP) is 1.03. The van der Waals surface area contributed by atoms with Gasteiger partial charge in [-0.2, -0.15) is 0 Å². The first kappa shape index (κ1) is 7.56. The zero-order chi connectivity index (χ0) is 8.84. The van der Waals surface area contributed by atoms with Crippen molar-refractivity contribution in [3.05, 3.63) is 17.7 Å². The number of imidazole rings is 1. The van der Waals surface area contributed by atoms with Crippen LogP contribution in [0.5, 0.6) is 0 Å². The summed E-state index contributed by atoms with van der Waals surface area (Å²) >= 11 is 0. The number of hydrogen-bond donors (Lipinski definition) is 1. The van der Waals surface area contributed by atoms with Crippen LogP contribution in [0.15, 0.2) is 6.20 Å². The van der Waals surface area contributed by atoms with Gasteiger partial charge in [-0.3, -0.25) is 0 Å². The molecule has 0 amide bonds. The smallest absolute Gasteiger partial charge is 0.112 e. The highest BCUT2D eigenvalue weighted by atomic mass is 15.1. The van der Waals surface area contributed by atoms with E-state index < -0.39 is 0 Å². The van der Waals surface area contributed by atoms with Crippen molar-refractivity contribution < 1.29 is 0 Å². The molecule has 2 heterocycles. The van der Waals surface area contributed by atoms with Gasteiger partial charge in [0.15, 0.2) is 0 Å². The molecule has 0 spiro atoms. The molecule has 0 radical (unpaired) electrons. The van der Waals surface area contributed by atoms with Crippen molar-refractivity contribution >= 4 is 0 Å². The number of hydrogen-bond acceptors (Lipinski definition) is 2. The van der Waals surface area contributed by atoms with E-state index in [1.54, 1.807) is 0 Å². The highest BCUT2D eigenvalue weighted by Crippen LogP contribution is 2.40. The number of fused-ring (bicyclic) bond motifs is 1. The van der Waals surface area contributed by atoms with Gasteiger partial charge in [-0.1, -0.05) is 0 Å². The summed E-state index contributed by atoms with van der Waals surface area (Å²) in [6, 6.07) is 0.346. The highest BCUT2D eigenvalue weighted by Gasteiger charge is 2.30. The zero-order valence-electron chi connectivity index (χ0n) is 7.74. The first-order chi connectivity index (χ1) is 6.34. The molecule has 1 saturated carbocycles. The lowest BCUT2D eigenvalue weighted by Crippen LogP contribution is -2.32. The average molecular weight is 177 g/mol. The second kappa shape index (κ2) is 2.58. The highest BCUT2D eigenvalue weighted by molar-refractivity contribution is 5.15. The standard InChI is InChI=1S/C10H15N3/c11-8-3-4-9-5-12-10(7-1-2-7)13(9)6-8/h5,7-8H,1-4,6,11H2. The number of nitrogens with two attached hydrogens (primary N) is 1. The quantitative estimate of drug-likeness (QED) is 0.696. The first-order valence-corrected chi connectivity index (χ1v) is 5.14. The monoisotopic (exact) mass is 177 g/mol. The Bertz CT molecular complexity index is 325. The lowest BCUT2D eigenvalue weighted by atomic mass is 10.1. The molecule has 3 heteroatoms. The summed E-state index contributed by atoms with van der Waals surface area (Å²) in [6.07, 6.45) is 6.92. The second-order valence-corrected chi connectivity index (χ2v) is 4.29. The maximum Gasteiger partial charge on any atom is 0.112 e. The summed E-state index contributed by atoms with van der Waals surface area (Å²) in [5, 5.41) is 0. The Morgan fingerprint density at radius 2 is 2.23 bits per heavy atom. The zero-order valence-corrected chi connectivity index (χ0v) is 7.74. The van der Waals surface area contributed by atoms with Gasteiger partial charge in [0.05, 0.1) is 0 Å². The molecule has 1 fully saturated rings. The Kier molecular flexibility index (Phi) is 1.50. The molecule has 1 aliphatic heterocycles. The molecule has 0 bridgehead atoms. The molecule has 0 aromatic carbocycles. The fourth-order valence-corrected chi connectivity index (χ4v) is 2.16. The number of aryl methyl sites for hydroxylation is 1. The maximum atomic E-state index is 5.95. The fourth-order valence-electron chi connectivity index (χ4n) is 2.16. The Balaban J connectivity index is 1.99. The summed E-state index contributed by atoms with van der Waals surface area (Å²) < 4.78 is 2.35. The molecule has 1 aromatic heterocycles. The third-order valence-electron chi connectivity index (χ3n) is 3.10. The van der Waals surface area contributed by atoms with Gasteiger partial charge >= 0.3 is 0 Å². The van der Waals surface area contributed by atoms with Crippen molar-refractivity contribution in [2.75, 3.05) is 0 Å². The predicted molar refractivity (Wildman–Crippen MR) is 50.5 cm³/mol. The van der Waals surface area contributed by atoms with Crippen LogP contribution in [0.1, 0.15) is 36.7 Å². The van der Waals surface area contributed by atoms with Crippen LogP contribution in [0.3, 0.4) is 0 Å². The van der Waals surface area contributed by atoms with E-state index in [4.69, 9.17) is 5.73 Å². The van der Waals surface area contributed by atoms with E-state index >= 15 is 0 Å². The minimum Gasteiger partial charge on any atom is -0.330 e. The Morgan fingerprint density at radius 1 is 1.38 bits per heavy atom. The molecule has 0 saturated heterocycles. The molecular formula is C10H15N3. The van der Waals surface area contributed by atoms with Gasteiger partial charge in [0.2, 0.25) is 0 Å². The second-order valence-electron chi connectivity index (χ2n) is 4.29. The van der Waals surface area contributed by atoms with Gasteiger partial charge in [0.1, 0.15) is 5.82 Å². The lowest BCUT2D eigenvalue weighted by Gasteiger charge is -2.22. The topological polar surface area (TPSA) is 43.8 Å². The first-order valence-electron chi connectivity index (χ1n) is 5.14. The molecule has 1 unspecified atom stereocenters. The molecule has 1 aromatic rings.